The molecule has 0 aliphatic rings. The van der Waals surface area contributed by atoms with Crippen LogP contribution in [-0.4, -0.2) is 32.5 Å². The van der Waals surface area contributed by atoms with Crippen molar-refractivity contribution in [1.29, 1.82) is 0 Å². The first kappa shape index (κ1) is 22.6. The maximum atomic E-state index is 13.7. The first-order valence-corrected chi connectivity index (χ1v) is 9.44. The number of anilines is 1. The quantitative estimate of drug-likeness (QED) is 0.254. The highest BCUT2D eigenvalue weighted by Crippen LogP contribution is 2.33. The van der Waals surface area contributed by atoms with Gasteiger partial charge < -0.3 is 10.1 Å². The second-order valence-corrected chi connectivity index (χ2v) is 6.93. The molecule has 0 radical (unpaired) electrons. The number of hydrogen-bond acceptors (Lipinski definition) is 6. The number of ether oxygens (including phenoxy) is 1. The van der Waals surface area contributed by atoms with Gasteiger partial charge in [0.25, 0.3) is 11.6 Å². The molecule has 0 saturated carbocycles. The Hall–Kier alpha value is -4.55. The van der Waals surface area contributed by atoms with Crippen molar-refractivity contribution in [3.63, 3.8) is 0 Å². The molecule has 0 fully saturated rings. The Bertz CT molecular complexity index is 1420. The van der Waals surface area contributed by atoms with Crippen molar-refractivity contribution in [2.45, 2.75) is 6.18 Å². The summed E-state index contributed by atoms with van der Waals surface area (Å²) in [6.45, 7) is 0. The molecule has 2 aromatic heterocycles. The Labute approximate surface area is 187 Å². The van der Waals surface area contributed by atoms with Crippen molar-refractivity contribution in [3.8, 4) is 17.0 Å². The van der Waals surface area contributed by atoms with Crippen LogP contribution < -0.4 is 10.1 Å². The summed E-state index contributed by atoms with van der Waals surface area (Å²) >= 11 is 0. The molecule has 0 aliphatic heterocycles. The van der Waals surface area contributed by atoms with E-state index in [0.717, 1.165) is 36.4 Å². The third-order valence-electron chi connectivity index (χ3n) is 4.73. The highest BCUT2D eigenvalue weighted by molar-refractivity contribution is 6.04. The average molecular weight is 475 g/mol. The van der Waals surface area contributed by atoms with E-state index in [2.05, 4.69) is 15.4 Å². The zero-order chi connectivity index (χ0) is 24.6. The van der Waals surface area contributed by atoms with Gasteiger partial charge in [-0.2, -0.15) is 18.3 Å². The van der Waals surface area contributed by atoms with Crippen LogP contribution in [0.5, 0.6) is 5.75 Å². The third-order valence-corrected chi connectivity index (χ3v) is 4.73. The summed E-state index contributed by atoms with van der Waals surface area (Å²) in [5.74, 6) is -1.49. The van der Waals surface area contributed by atoms with Gasteiger partial charge in [-0.15, -0.1) is 0 Å². The zero-order valence-corrected chi connectivity index (χ0v) is 17.1. The number of carbonyl (C=O) groups is 1. The van der Waals surface area contributed by atoms with Gasteiger partial charge in [-0.1, -0.05) is 0 Å². The molecular formula is C21H13F4N5O4. The molecule has 0 unspecified atom stereocenters. The predicted octanol–water partition coefficient (Wildman–Crippen LogP) is 4.72. The Kier molecular flexibility index (Phi) is 5.61. The number of alkyl halides is 3. The van der Waals surface area contributed by atoms with Gasteiger partial charge in [0.05, 0.1) is 29.5 Å². The van der Waals surface area contributed by atoms with Crippen LogP contribution in [0.4, 0.5) is 28.9 Å². The van der Waals surface area contributed by atoms with Gasteiger partial charge in [-0.05, 0) is 36.4 Å². The predicted molar refractivity (Wildman–Crippen MR) is 111 cm³/mol. The molecule has 4 rings (SSSR count). The number of nitrogens with zero attached hydrogens (tertiary/aromatic N) is 4. The fraction of sp³-hybridized carbons (Fsp3) is 0.0952. The van der Waals surface area contributed by atoms with Gasteiger partial charge in [0.15, 0.2) is 17.0 Å². The van der Waals surface area contributed by atoms with Crippen LogP contribution in [0.15, 0.2) is 54.6 Å². The molecule has 9 nitrogen and oxygen atoms in total. The van der Waals surface area contributed by atoms with Crippen LogP contribution in [0.25, 0.3) is 16.9 Å². The molecule has 4 aromatic rings. The second kappa shape index (κ2) is 8.42. The molecule has 0 aliphatic carbocycles. The number of non-ortho nitro benzene ring substituents is 1. The molecular weight excluding hydrogens is 462 g/mol. The summed E-state index contributed by atoms with van der Waals surface area (Å²) in [5, 5.41) is 17.1. The van der Waals surface area contributed by atoms with E-state index in [1.807, 2.05) is 0 Å². The number of nitro benzene ring substituents is 1. The molecule has 1 N–H and O–H groups in total. The lowest BCUT2D eigenvalue weighted by atomic mass is 10.1. The monoisotopic (exact) mass is 475 g/mol. The Morgan fingerprint density at radius 1 is 1.12 bits per heavy atom. The highest BCUT2D eigenvalue weighted by atomic mass is 19.4. The fourth-order valence-electron chi connectivity index (χ4n) is 3.14. The summed E-state index contributed by atoms with van der Waals surface area (Å²) in [6.07, 6.45) is -4.84. The number of halogens is 4. The lowest BCUT2D eigenvalue weighted by Crippen LogP contribution is -2.16. The maximum absolute atomic E-state index is 13.7. The normalized spacial score (nSPS) is 11.4. The number of nitro groups is 1. The van der Waals surface area contributed by atoms with Gasteiger partial charge >= 0.3 is 6.18 Å². The first-order valence-electron chi connectivity index (χ1n) is 9.44. The summed E-state index contributed by atoms with van der Waals surface area (Å²) in [5.41, 5.74) is -1.95. The molecule has 1 amide bonds. The fourth-order valence-corrected chi connectivity index (χ4v) is 3.14. The van der Waals surface area contributed by atoms with Gasteiger partial charge in [0, 0.05) is 17.7 Å². The largest absolute Gasteiger partial charge is 0.494 e. The van der Waals surface area contributed by atoms with E-state index in [1.165, 1.54) is 25.3 Å². The molecule has 13 heteroatoms. The van der Waals surface area contributed by atoms with E-state index in [9.17, 15) is 32.5 Å². The zero-order valence-electron chi connectivity index (χ0n) is 17.1. The number of carbonyl (C=O) groups excluding carboxylic acids is 1. The number of fused-ring (bicyclic) bond motifs is 1. The molecule has 34 heavy (non-hydrogen) atoms. The molecule has 0 saturated heterocycles. The average Bonchev–Trinajstić information content (AvgIpc) is 3.22. The molecule has 2 heterocycles. The van der Waals surface area contributed by atoms with E-state index >= 15 is 0 Å². The first-order chi connectivity index (χ1) is 16.1. The van der Waals surface area contributed by atoms with E-state index < -0.39 is 34.2 Å². The van der Waals surface area contributed by atoms with Crippen LogP contribution in [0, 0.1) is 15.9 Å². The molecule has 174 valence electrons. The third kappa shape index (κ3) is 4.35. The Morgan fingerprint density at radius 3 is 2.44 bits per heavy atom. The van der Waals surface area contributed by atoms with Crippen LogP contribution in [0.3, 0.4) is 0 Å². The summed E-state index contributed by atoms with van der Waals surface area (Å²) in [4.78, 5) is 27.1. The number of benzene rings is 2. The number of nitrogens with one attached hydrogen (secondary N) is 1. The van der Waals surface area contributed by atoms with Crippen molar-refractivity contribution < 1.29 is 32.0 Å². The molecule has 2 aromatic carbocycles. The molecule has 0 bridgehead atoms. The van der Waals surface area contributed by atoms with Crippen molar-refractivity contribution in [1.82, 2.24) is 14.6 Å². The number of aromatic nitrogens is 3. The van der Waals surface area contributed by atoms with Gasteiger partial charge in [-0.3, -0.25) is 14.9 Å². The van der Waals surface area contributed by atoms with Crippen molar-refractivity contribution in [2.24, 2.45) is 0 Å². The lowest BCUT2D eigenvalue weighted by Gasteiger charge is -2.11. The summed E-state index contributed by atoms with van der Waals surface area (Å²) in [7, 11) is 1.23. The van der Waals surface area contributed by atoms with Gasteiger partial charge in [0.2, 0.25) is 0 Å². The minimum atomic E-state index is -4.84. The summed E-state index contributed by atoms with van der Waals surface area (Å²) in [6, 6.07) is 9.94. The summed E-state index contributed by atoms with van der Waals surface area (Å²) < 4.78 is 59.9. The highest BCUT2D eigenvalue weighted by Gasteiger charge is 2.35. The second-order valence-electron chi connectivity index (χ2n) is 6.93. The Morgan fingerprint density at radius 2 is 1.82 bits per heavy atom. The topological polar surface area (TPSA) is 112 Å². The van der Waals surface area contributed by atoms with Crippen LogP contribution in [0.2, 0.25) is 0 Å². The van der Waals surface area contributed by atoms with Crippen molar-refractivity contribution in [2.75, 3.05) is 12.4 Å². The lowest BCUT2D eigenvalue weighted by molar-refractivity contribution is -0.384. The number of rotatable bonds is 5. The number of hydrogen-bond donors (Lipinski definition) is 1. The Balaban J connectivity index is 1.75. The molecule has 0 atom stereocenters. The minimum absolute atomic E-state index is 0.0287. The maximum Gasteiger partial charge on any atom is 0.433 e. The van der Waals surface area contributed by atoms with Crippen molar-refractivity contribution >= 4 is 22.9 Å². The molecule has 0 spiro atoms. The van der Waals surface area contributed by atoms with Crippen LogP contribution >= 0.6 is 0 Å². The van der Waals surface area contributed by atoms with Crippen molar-refractivity contribution in [3.05, 3.63) is 81.9 Å². The van der Waals surface area contributed by atoms with Gasteiger partial charge in [0.1, 0.15) is 11.6 Å². The van der Waals surface area contributed by atoms with E-state index in [4.69, 9.17) is 4.74 Å². The number of methoxy groups -OCH3 is 1. The van der Waals surface area contributed by atoms with Crippen LogP contribution in [0.1, 0.15) is 16.2 Å². The smallest absolute Gasteiger partial charge is 0.433 e. The number of amides is 1. The SMILES string of the molecule is COc1cc([N+](=O)[O-])ccc1NC(=O)c1cc2nc(-c3ccc(F)cc3)cc(C(F)(F)F)n2n1. The standard InChI is InChI=1S/C21H13F4N5O4/c1-34-17-8-13(30(32)33)6-7-14(17)27-20(31)16-10-19-26-15(11-2-4-12(22)5-3-11)9-18(21(23,24)25)29(19)28-16/h2-10H,1H3,(H,27,31). The van der Waals surface area contributed by atoms with E-state index in [-0.39, 0.29) is 34.0 Å². The van der Waals surface area contributed by atoms with Crippen LogP contribution in [-0.2, 0) is 6.18 Å². The van der Waals surface area contributed by atoms with E-state index in [1.54, 1.807) is 0 Å². The van der Waals surface area contributed by atoms with Gasteiger partial charge in [-0.25, -0.2) is 13.9 Å². The van der Waals surface area contributed by atoms with E-state index in [0.29, 0.717) is 4.52 Å². The minimum Gasteiger partial charge on any atom is -0.494 e.